The molecule has 1 aromatic carbocycles. The highest BCUT2D eigenvalue weighted by atomic mass is 19.4. The third-order valence-electron chi connectivity index (χ3n) is 7.34. The summed E-state index contributed by atoms with van der Waals surface area (Å²) in [4.78, 5) is 6.22. The van der Waals surface area contributed by atoms with Crippen LogP contribution < -0.4 is 4.74 Å². The molecule has 220 valence electrons. The quantitative estimate of drug-likeness (QED) is 0.273. The molecule has 0 saturated carbocycles. The molecular weight excluding hydrogens is 550 g/mol. The highest BCUT2D eigenvalue weighted by Crippen LogP contribution is 2.37. The van der Waals surface area contributed by atoms with Crippen molar-refractivity contribution in [1.29, 1.82) is 0 Å². The summed E-state index contributed by atoms with van der Waals surface area (Å²) in [6.07, 6.45) is -3.13. The molecule has 0 spiro atoms. The van der Waals surface area contributed by atoms with Crippen molar-refractivity contribution in [3.05, 3.63) is 59.1 Å². The Balaban J connectivity index is 1.46. The molecule has 2 fully saturated rings. The van der Waals surface area contributed by atoms with E-state index in [2.05, 4.69) is 10.1 Å². The first-order valence-electron chi connectivity index (χ1n) is 13.5. The molecule has 1 unspecified atom stereocenters. The predicted molar refractivity (Wildman–Crippen MR) is 141 cm³/mol. The fourth-order valence-electron chi connectivity index (χ4n) is 5.31. The van der Waals surface area contributed by atoms with Crippen LogP contribution >= 0.6 is 0 Å². The number of alkyl halides is 4. The topological polar surface area (TPSA) is 92.9 Å². The van der Waals surface area contributed by atoms with Gasteiger partial charge in [-0.1, -0.05) is 6.07 Å². The lowest BCUT2D eigenvalue weighted by atomic mass is 9.71. The molecule has 3 aromatic rings. The van der Waals surface area contributed by atoms with Crippen LogP contribution in [0.25, 0.3) is 16.5 Å². The maximum absolute atomic E-state index is 15.0. The number of halogens is 5. The number of hydrogen-bond donors (Lipinski definition) is 2. The molecule has 5 rings (SSSR count). The molecule has 2 aliphatic rings. The Hall–Kier alpha value is -3.07. The molecule has 41 heavy (non-hydrogen) atoms. The normalized spacial score (nSPS) is 19.2. The number of likely N-dealkylation sites (tertiary alicyclic amines) is 1. The van der Waals surface area contributed by atoms with Crippen LogP contribution in [-0.4, -0.2) is 82.5 Å². The summed E-state index contributed by atoms with van der Waals surface area (Å²) in [5, 5.41) is 24.1. The monoisotopic (exact) mass is 580 g/mol. The lowest BCUT2D eigenvalue weighted by Gasteiger charge is -2.37. The number of benzene rings is 1. The van der Waals surface area contributed by atoms with Crippen molar-refractivity contribution in [2.45, 2.75) is 38.1 Å². The van der Waals surface area contributed by atoms with Crippen molar-refractivity contribution < 1.29 is 41.5 Å². The van der Waals surface area contributed by atoms with Gasteiger partial charge in [-0.25, -0.2) is 9.67 Å². The summed E-state index contributed by atoms with van der Waals surface area (Å²) in [7, 11) is -2.44. The summed E-state index contributed by atoms with van der Waals surface area (Å²) < 4.78 is 81.0. The van der Waals surface area contributed by atoms with Gasteiger partial charge in [-0.2, -0.15) is 17.6 Å². The number of pyridine rings is 1. The number of ether oxygens (including phenoxy) is 2. The maximum atomic E-state index is 15.0. The highest BCUT2D eigenvalue weighted by molar-refractivity contribution is 6.53. The summed E-state index contributed by atoms with van der Waals surface area (Å²) in [5.74, 6) is -0.556. The standard InChI is InChI=1S/C27H30BF5N4O4/c29-13-17-15-36(16-17)8-10-40-23-7-5-19(14-34-23)25(21(28(38)39)12-27(31,32)33)18-4-6-22-20(11-18)26(30)35-37(22)24-3-1-2-9-41-24/h4-7,11,14,17,24,38-39H,1-3,8-10,12-13,15-16H2. The average molecular weight is 580 g/mol. The summed E-state index contributed by atoms with van der Waals surface area (Å²) in [6.45, 7) is 2.33. The molecule has 2 aliphatic heterocycles. The zero-order chi connectivity index (χ0) is 29.1. The second-order valence-corrected chi connectivity index (χ2v) is 10.4. The number of allylic oxidation sites excluding steroid dienone is 1. The third kappa shape index (κ3) is 6.88. The number of rotatable bonds is 10. The van der Waals surface area contributed by atoms with E-state index in [1.807, 2.05) is 4.90 Å². The Labute approximate surface area is 233 Å². The third-order valence-corrected chi connectivity index (χ3v) is 7.34. The van der Waals surface area contributed by atoms with Crippen molar-refractivity contribution in [3.63, 3.8) is 0 Å². The second kappa shape index (κ2) is 12.4. The lowest BCUT2D eigenvalue weighted by molar-refractivity contribution is -0.126. The van der Waals surface area contributed by atoms with Gasteiger partial charge in [0.25, 0.3) is 0 Å². The van der Waals surface area contributed by atoms with E-state index in [1.54, 1.807) is 0 Å². The molecule has 8 nitrogen and oxygen atoms in total. The van der Waals surface area contributed by atoms with Crippen LogP contribution in [0, 0.1) is 11.9 Å². The fourth-order valence-corrected chi connectivity index (χ4v) is 5.31. The van der Waals surface area contributed by atoms with Gasteiger partial charge in [0.2, 0.25) is 11.8 Å². The van der Waals surface area contributed by atoms with Gasteiger partial charge in [0.1, 0.15) is 6.61 Å². The fraction of sp³-hybridized carbons (Fsp3) is 0.481. The van der Waals surface area contributed by atoms with E-state index in [1.165, 1.54) is 41.2 Å². The second-order valence-electron chi connectivity index (χ2n) is 10.4. The summed E-state index contributed by atoms with van der Waals surface area (Å²) in [6, 6.07) is 7.27. The van der Waals surface area contributed by atoms with Gasteiger partial charge in [0, 0.05) is 50.0 Å². The average Bonchev–Trinajstić information content (AvgIpc) is 3.26. The van der Waals surface area contributed by atoms with E-state index in [4.69, 9.17) is 9.47 Å². The Morgan fingerprint density at radius 2 is 1.90 bits per heavy atom. The summed E-state index contributed by atoms with van der Waals surface area (Å²) in [5.41, 5.74) is -0.168. The predicted octanol–water partition coefficient (Wildman–Crippen LogP) is 4.32. The van der Waals surface area contributed by atoms with E-state index in [9.17, 15) is 27.6 Å². The van der Waals surface area contributed by atoms with Crippen molar-refractivity contribution >= 4 is 23.6 Å². The smallest absolute Gasteiger partial charge is 0.476 e. The molecule has 1 atom stereocenters. The van der Waals surface area contributed by atoms with Crippen LogP contribution in [0.1, 0.15) is 43.0 Å². The zero-order valence-electron chi connectivity index (χ0n) is 22.2. The van der Waals surface area contributed by atoms with Crippen LogP contribution in [0.15, 0.2) is 42.0 Å². The zero-order valence-corrected chi connectivity index (χ0v) is 22.2. The lowest BCUT2D eigenvalue weighted by Crippen LogP contribution is -2.49. The van der Waals surface area contributed by atoms with Gasteiger partial charge in [0.05, 0.1) is 24.0 Å². The minimum Gasteiger partial charge on any atom is -0.476 e. The number of fused-ring (bicyclic) bond motifs is 1. The van der Waals surface area contributed by atoms with Crippen molar-refractivity contribution in [1.82, 2.24) is 19.7 Å². The van der Waals surface area contributed by atoms with Gasteiger partial charge >= 0.3 is 13.3 Å². The molecule has 0 bridgehead atoms. The van der Waals surface area contributed by atoms with E-state index < -0.39 is 37.4 Å². The first-order chi connectivity index (χ1) is 19.6. The molecule has 2 saturated heterocycles. The molecule has 2 N–H and O–H groups in total. The number of aromatic nitrogens is 3. The van der Waals surface area contributed by atoms with Gasteiger partial charge in [-0.15, -0.1) is 5.10 Å². The van der Waals surface area contributed by atoms with Crippen LogP contribution in [0.2, 0.25) is 0 Å². The minimum absolute atomic E-state index is 0.0491. The van der Waals surface area contributed by atoms with Crippen molar-refractivity contribution in [2.75, 3.05) is 39.5 Å². The molecule has 0 amide bonds. The van der Waals surface area contributed by atoms with Crippen molar-refractivity contribution in [2.24, 2.45) is 5.92 Å². The highest BCUT2D eigenvalue weighted by Gasteiger charge is 2.36. The Kier molecular flexibility index (Phi) is 8.92. The van der Waals surface area contributed by atoms with Crippen LogP contribution in [0.3, 0.4) is 0 Å². The Bertz CT molecular complexity index is 1370. The Morgan fingerprint density at radius 3 is 2.54 bits per heavy atom. The largest absolute Gasteiger partial charge is 0.485 e. The molecule has 0 radical (unpaired) electrons. The number of hydrogen-bond acceptors (Lipinski definition) is 7. The SMILES string of the molecule is OB(O)C(CC(F)(F)F)=C(c1ccc(OCCN2CC(CF)C2)nc1)c1ccc2c(c1)c(F)nn2C1CCCCO1. The molecule has 0 aliphatic carbocycles. The molecule has 4 heterocycles. The summed E-state index contributed by atoms with van der Waals surface area (Å²) >= 11 is 0. The first kappa shape index (κ1) is 29.4. The van der Waals surface area contributed by atoms with E-state index in [0.717, 1.165) is 12.8 Å². The van der Waals surface area contributed by atoms with Gasteiger partial charge in [0.15, 0.2) is 6.23 Å². The van der Waals surface area contributed by atoms with Crippen LogP contribution in [-0.2, 0) is 4.74 Å². The van der Waals surface area contributed by atoms with Crippen LogP contribution in [0.5, 0.6) is 5.88 Å². The Morgan fingerprint density at radius 1 is 1.12 bits per heavy atom. The van der Waals surface area contributed by atoms with Gasteiger partial charge in [-0.05, 0) is 54.1 Å². The van der Waals surface area contributed by atoms with Crippen LogP contribution in [0.4, 0.5) is 22.0 Å². The minimum atomic E-state index is -4.75. The maximum Gasteiger partial charge on any atom is 0.485 e. The van der Waals surface area contributed by atoms with Crippen molar-refractivity contribution in [3.8, 4) is 5.88 Å². The molecule has 2 aromatic heterocycles. The van der Waals surface area contributed by atoms with Gasteiger partial charge < -0.3 is 19.5 Å². The van der Waals surface area contributed by atoms with Gasteiger partial charge in [-0.3, -0.25) is 9.29 Å². The molecular formula is C27H30BF5N4O4. The first-order valence-corrected chi connectivity index (χ1v) is 13.5. The van der Waals surface area contributed by atoms with E-state index in [0.29, 0.717) is 38.2 Å². The van der Waals surface area contributed by atoms with E-state index >= 15 is 4.39 Å². The molecule has 14 heteroatoms. The van der Waals surface area contributed by atoms with E-state index in [-0.39, 0.29) is 47.2 Å². The number of nitrogens with zero attached hydrogens (tertiary/aromatic N) is 4.